The third kappa shape index (κ3) is 5.15. The molecular weight excluding hydrogens is 460 g/mol. The maximum Gasteiger partial charge on any atom is 0.306 e. The molecule has 0 spiro atoms. The molecule has 37 heavy (non-hydrogen) atoms. The van der Waals surface area contributed by atoms with Crippen LogP contribution in [0, 0.1) is 45.9 Å². The molecule has 1 amide bonds. The highest BCUT2D eigenvalue weighted by Crippen LogP contribution is 2.34. The van der Waals surface area contributed by atoms with Gasteiger partial charge in [0.15, 0.2) is 0 Å². The van der Waals surface area contributed by atoms with Crippen LogP contribution in [0.2, 0.25) is 0 Å². The zero-order valence-corrected chi connectivity index (χ0v) is 22.6. The van der Waals surface area contributed by atoms with E-state index < -0.39 is 0 Å². The number of carbonyl (C=O) groups excluding carboxylic acids is 2. The predicted octanol–water partition coefficient (Wildman–Crippen LogP) is 5.99. The number of esters is 1. The van der Waals surface area contributed by atoms with Gasteiger partial charge in [0, 0.05) is 24.6 Å². The fraction of sp³-hybridized carbons (Fsp3) is 0.344. The van der Waals surface area contributed by atoms with E-state index in [1.165, 1.54) is 12.7 Å². The van der Waals surface area contributed by atoms with Crippen LogP contribution in [-0.2, 0) is 22.5 Å². The molecule has 1 unspecified atom stereocenters. The van der Waals surface area contributed by atoms with Crippen LogP contribution in [-0.4, -0.2) is 30.4 Å². The molecule has 0 fully saturated rings. The van der Waals surface area contributed by atoms with Crippen LogP contribution in [0.3, 0.4) is 0 Å². The lowest BCUT2D eigenvalue weighted by Crippen LogP contribution is -2.37. The minimum Gasteiger partial charge on any atom is -0.469 e. The minimum absolute atomic E-state index is 0.0758. The first-order chi connectivity index (χ1) is 17.6. The summed E-state index contributed by atoms with van der Waals surface area (Å²) in [5.41, 5.74) is 11.1. The Balaban J connectivity index is 1.70. The van der Waals surface area contributed by atoms with Crippen molar-refractivity contribution in [2.24, 2.45) is 0 Å². The molecule has 1 aliphatic rings. The van der Waals surface area contributed by atoms with Crippen LogP contribution in [0.4, 0.5) is 0 Å². The molecule has 0 saturated carbocycles. The van der Waals surface area contributed by atoms with Crippen LogP contribution < -0.4 is 0 Å². The van der Waals surface area contributed by atoms with Gasteiger partial charge in [-0.25, -0.2) is 0 Å². The van der Waals surface area contributed by atoms with Crippen LogP contribution in [0.15, 0.2) is 42.5 Å². The monoisotopic (exact) mass is 494 g/mol. The molecule has 1 aliphatic heterocycles. The fourth-order valence-electron chi connectivity index (χ4n) is 5.46. The molecule has 3 aromatic carbocycles. The number of aryl methyl sites for hydroxylation is 3. The summed E-state index contributed by atoms with van der Waals surface area (Å²) >= 11 is 0. The molecule has 0 N–H and O–H groups in total. The van der Waals surface area contributed by atoms with E-state index in [9.17, 15) is 14.9 Å². The molecule has 0 aromatic heterocycles. The van der Waals surface area contributed by atoms with Crippen molar-refractivity contribution in [2.45, 2.75) is 59.9 Å². The Hall–Kier alpha value is -3.91. The Bertz CT molecular complexity index is 1400. The van der Waals surface area contributed by atoms with E-state index in [2.05, 4.69) is 44.2 Å². The van der Waals surface area contributed by atoms with Crippen molar-refractivity contribution in [1.29, 1.82) is 5.26 Å². The number of hydrogen-bond donors (Lipinski definition) is 0. The second-order valence-corrected chi connectivity index (χ2v) is 10.2. The number of methoxy groups -OCH3 is 1. The number of fused-ring (bicyclic) bond motifs is 1. The van der Waals surface area contributed by atoms with E-state index in [0.717, 1.165) is 56.5 Å². The maximum atomic E-state index is 13.7. The van der Waals surface area contributed by atoms with Gasteiger partial charge in [-0.2, -0.15) is 5.26 Å². The molecule has 0 aliphatic carbocycles. The first-order valence-electron chi connectivity index (χ1n) is 12.7. The Morgan fingerprint density at radius 1 is 0.946 bits per heavy atom. The Kier molecular flexibility index (Phi) is 7.50. The van der Waals surface area contributed by atoms with Gasteiger partial charge in [-0.05, 0) is 103 Å². The number of hydrogen-bond acceptors (Lipinski definition) is 4. The molecular formula is C32H34N2O3. The Labute approximate surface area is 219 Å². The lowest BCUT2D eigenvalue weighted by atomic mass is 9.83. The third-order valence-electron chi connectivity index (χ3n) is 7.88. The van der Waals surface area contributed by atoms with Crippen LogP contribution in [0.1, 0.15) is 78.3 Å². The highest BCUT2D eigenvalue weighted by Gasteiger charge is 2.27. The number of rotatable bonds is 5. The van der Waals surface area contributed by atoms with E-state index in [4.69, 9.17) is 4.74 Å². The Morgan fingerprint density at radius 3 is 2.27 bits per heavy atom. The van der Waals surface area contributed by atoms with Crippen molar-refractivity contribution in [1.82, 2.24) is 4.90 Å². The third-order valence-corrected chi connectivity index (χ3v) is 7.88. The van der Waals surface area contributed by atoms with Crippen LogP contribution in [0.25, 0.3) is 0 Å². The molecule has 1 atom stereocenters. The molecule has 5 heteroatoms. The van der Waals surface area contributed by atoms with E-state index in [1.807, 2.05) is 37.8 Å². The number of ether oxygens (including phenoxy) is 1. The molecule has 5 nitrogen and oxygen atoms in total. The van der Waals surface area contributed by atoms with Gasteiger partial charge < -0.3 is 9.64 Å². The van der Waals surface area contributed by atoms with Crippen molar-refractivity contribution in [3.05, 3.63) is 104 Å². The second kappa shape index (κ2) is 10.6. The maximum absolute atomic E-state index is 13.7. The largest absolute Gasteiger partial charge is 0.469 e. The normalized spacial score (nSPS) is 13.5. The smallest absolute Gasteiger partial charge is 0.306 e. The highest BCUT2D eigenvalue weighted by molar-refractivity contribution is 5.98. The second-order valence-electron chi connectivity index (χ2n) is 10.2. The fourth-order valence-corrected chi connectivity index (χ4v) is 5.46. The standard InChI is InChI=1S/C32H34N2O3/c1-19-13-20(2)23(5)31(22(19)4)32(36)34-12-11-25-8-9-26(15-27(25)18-34)29(16-30(35)37-6)28-10-7-24(17-33)14-21(28)3/h7-10,13-15,29H,11-12,16,18H2,1-6H3. The number of benzene rings is 3. The van der Waals surface area contributed by atoms with Crippen molar-refractivity contribution in [2.75, 3.05) is 13.7 Å². The highest BCUT2D eigenvalue weighted by atomic mass is 16.5. The number of nitrogens with zero attached hydrogens (tertiary/aromatic N) is 2. The molecule has 0 saturated heterocycles. The molecule has 1 heterocycles. The van der Waals surface area contributed by atoms with E-state index in [-0.39, 0.29) is 24.2 Å². The summed E-state index contributed by atoms with van der Waals surface area (Å²) in [7, 11) is 1.40. The van der Waals surface area contributed by atoms with E-state index in [0.29, 0.717) is 18.7 Å². The molecule has 0 bridgehead atoms. The lowest BCUT2D eigenvalue weighted by molar-refractivity contribution is -0.140. The summed E-state index contributed by atoms with van der Waals surface area (Å²) in [5.74, 6) is -0.420. The summed E-state index contributed by atoms with van der Waals surface area (Å²) in [6.07, 6.45) is 0.993. The Morgan fingerprint density at radius 2 is 1.65 bits per heavy atom. The van der Waals surface area contributed by atoms with Gasteiger partial charge in [-0.15, -0.1) is 0 Å². The zero-order chi connectivity index (χ0) is 26.9. The first-order valence-corrected chi connectivity index (χ1v) is 12.7. The summed E-state index contributed by atoms with van der Waals surface area (Å²) in [4.78, 5) is 28.1. The van der Waals surface area contributed by atoms with Gasteiger partial charge >= 0.3 is 5.97 Å². The van der Waals surface area contributed by atoms with Crippen LogP contribution in [0.5, 0.6) is 0 Å². The van der Waals surface area contributed by atoms with Crippen molar-refractivity contribution in [3.8, 4) is 6.07 Å². The van der Waals surface area contributed by atoms with Crippen molar-refractivity contribution >= 4 is 11.9 Å². The average Bonchev–Trinajstić information content (AvgIpc) is 2.90. The predicted molar refractivity (Wildman–Crippen MR) is 145 cm³/mol. The SMILES string of the molecule is COC(=O)CC(c1ccc2c(c1)CN(C(=O)c1c(C)c(C)cc(C)c1C)CC2)c1ccc(C#N)cc1C. The molecule has 190 valence electrons. The van der Waals surface area contributed by atoms with Gasteiger partial charge in [0.25, 0.3) is 5.91 Å². The minimum atomic E-state index is -0.288. The van der Waals surface area contributed by atoms with Gasteiger partial charge in [-0.3, -0.25) is 9.59 Å². The lowest BCUT2D eigenvalue weighted by Gasteiger charge is -2.31. The van der Waals surface area contributed by atoms with Gasteiger partial charge in [0.2, 0.25) is 0 Å². The van der Waals surface area contributed by atoms with E-state index >= 15 is 0 Å². The van der Waals surface area contributed by atoms with E-state index in [1.54, 1.807) is 6.07 Å². The number of amides is 1. The zero-order valence-electron chi connectivity index (χ0n) is 22.6. The topological polar surface area (TPSA) is 70.4 Å². The summed E-state index contributed by atoms with van der Waals surface area (Å²) in [6, 6.07) is 16.3. The molecule has 0 radical (unpaired) electrons. The first kappa shape index (κ1) is 26.2. The summed E-state index contributed by atoms with van der Waals surface area (Å²) in [6.45, 7) is 11.4. The number of nitriles is 1. The van der Waals surface area contributed by atoms with Crippen molar-refractivity contribution in [3.63, 3.8) is 0 Å². The molecule has 4 rings (SSSR count). The van der Waals surface area contributed by atoms with Gasteiger partial charge in [0.05, 0.1) is 25.2 Å². The average molecular weight is 495 g/mol. The van der Waals surface area contributed by atoms with Gasteiger partial charge in [0.1, 0.15) is 0 Å². The van der Waals surface area contributed by atoms with Crippen LogP contribution >= 0.6 is 0 Å². The summed E-state index contributed by atoms with van der Waals surface area (Å²) < 4.78 is 5.02. The number of carbonyl (C=O) groups is 2. The van der Waals surface area contributed by atoms with Crippen molar-refractivity contribution < 1.29 is 14.3 Å². The molecule has 3 aromatic rings. The van der Waals surface area contributed by atoms with Gasteiger partial charge in [-0.1, -0.05) is 30.3 Å². The summed E-state index contributed by atoms with van der Waals surface area (Å²) in [5, 5.41) is 9.28. The quantitative estimate of drug-likeness (QED) is 0.408.